The zero-order valence-electron chi connectivity index (χ0n) is 30.5. The van der Waals surface area contributed by atoms with Crippen molar-refractivity contribution in [1.82, 2.24) is 29.1 Å². The number of hydrogen-bond donors (Lipinski definition) is 5. The number of nitrogens with one attached hydrogen (secondary N) is 1. The van der Waals surface area contributed by atoms with Crippen LogP contribution in [0.4, 0.5) is 5.95 Å². The molecule has 5 aromatic heterocycles. The molecule has 0 radical (unpaired) electrons. The second kappa shape index (κ2) is 17.0. The Labute approximate surface area is 326 Å². The molecule has 1 unspecified atom stereocenters. The Morgan fingerprint density at radius 2 is 1.64 bits per heavy atom. The van der Waals surface area contributed by atoms with E-state index in [-0.39, 0.29) is 43.4 Å². The number of fused-ring (bicyclic) bond motifs is 2. The fourth-order valence-corrected chi connectivity index (χ4v) is 8.75. The molecule has 7 N–H and O–H groups in total. The first kappa shape index (κ1) is 39.4. The van der Waals surface area contributed by atoms with Crippen LogP contribution in [0.3, 0.4) is 0 Å². The van der Waals surface area contributed by atoms with Crippen molar-refractivity contribution in [2.75, 3.05) is 18.5 Å². The Morgan fingerprint density at radius 1 is 0.945 bits per heavy atom. The lowest BCUT2D eigenvalue weighted by Gasteiger charge is -2.16. The number of anilines is 1. The number of hydrogen-bond acceptors (Lipinski definition) is 14. The van der Waals surface area contributed by atoms with E-state index in [4.69, 9.17) is 21.2 Å². The van der Waals surface area contributed by atoms with Gasteiger partial charge in [0.15, 0.2) is 16.7 Å². The first-order valence-corrected chi connectivity index (χ1v) is 19.8. The van der Waals surface area contributed by atoms with Gasteiger partial charge in [-0.15, -0.1) is 22.7 Å². The molecule has 1 atom stereocenters. The van der Waals surface area contributed by atoms with Crippen LogP contribution in [0.15, 0.2) is 41.5 Å². The number of rotatable bonds is 16. The molecule has 0 aliphatic rings. The highest BCUT2D eigenvalue weighted by Crippen LogP contribution is 2.34. The summed E-state index contributed by atoms with van der Waals surface area (Å²) < 4.78 is 10.2. The largest absolute Gasteiger partial charge is 0.491 e. The van der Waals surface area contributed by atoms with Crippen molar-refractivity contribution in [2.45, 2.75) is 66.3 Å². The summed E-state index contributed by atoms with van der Waals surface area (Å²) in [6, 6.07) is 4.72. The maximum Gasteiger partial charge on any atom is 0.291 e. The van der Waals surface area contributed by atoms with Gasteiger partial charge >= 0.3 is 0 Å². The van der Waals surface area contributed by atoms with Gasteiger partial charge in [0.2, 0.25) is 17.8 Å². The Balaban J connectivity index is 1.40. The standard InChI is InChI=1S/C36H40N10O6S3/c1-5-22-28(53-18(3)40-22)33(50)43-35-42-24-14-20(30(37)48)15-25(52-13-9-12-47)27(24)45(35)10-7-8-11-46-32-26(16-21(17-39-32)31(38)49)55-36(46)44-34(51)29-23(6-2)41-19(4)54-29/h7-8,14-17,33,47,50H,5-6,9-13H2,1-4H3,(H2,37,48)(H2,38,49)(H,42,43)/b8-7+,44-36?. The Bertz CT molecular complexity index is 2510. The number of primary amides is 2. The van der Waals surface area contributed by atoms with Gasteiger partial charge < -0.3 is 36.3 Å². The summed E-state index contributed by atoms with van der Waals surface area (Å²) in [4.78, 5) is 62.0. The third-order valence-electron chi connectivity index (χ3n) is 8.41. The van der Waals surface area contributed by atoms with Crippen molar-refractivity contribution in [1.29, 1.82) is 0 Å². The van der Waals surface area contributed by atoms with Gasteiger partial charge in [0.25, 0.3) is 5.91 Å². The molecule has 55 heavy (non-hydrogen) atoms. The molecule has 0 fully saturated rings. The molecule has 19 heteroatoms. The van der Waals surface area contributed by atoms with Gasteiger partial charge in [-0.25, -0.2) is 19.9 Å². The van der Waals surface area contributed by atoms with E-state index in [1.54, 1.807) is 21.3 Å². The van der Waals surface area contributed by atoms with Crippen LogP contribution in [-0.2, 0) is 25.9 Å². The monoisotopic (exact) mass is 804 g/mol. The van der Waals surface area contributed by atoms with Crippen LogP contribution in [-0.4, -0.2) is 70.2 Å². The number of aliphatic hydroxyl groups is 2. The van der Waals surface area contributed by atoms with Crippen LogP contribution in [0.2, 0.25) is 0 Å². The minimum Gasteiger partial charge on any atom is -0.491 e. The normalized spacial score (nSPS) is 12.7. The predicted octanol–water partition coefficient (Wildman–Crippen LogP) is 4.16. The van der Waals surface area contributed by atoms with E-state index in [1.165, 1.54) is 46.3 Å². The topological polar surface area (TPSA) is 239 Å². The highest BCUT2D eigenvalue weighted by molar-refractivity contribution is 7.16. The lowest BCUT2D eigenvalue weighted by molar-refractivity contribution is 0.0991. The molecule has 6 rings (SSSR count). The van der Waals surface area contributed by atoms with E-state index < -0.39 is 23.9 Å². The van der Waals surface area contributed by atoms with Crippen molar-refractivity contribution < 1.29 is 29.3 Å². The number of allylic oxidation sites excluding steroid dienone is 2. The van der Waals surface area contributed by atoms with Crippen molar-refractivity contribution in [3.63, 3.8) is 0 Å². The zero-order chi connectivity index (χ0) is 39.4. The van der Waals surface area contributed by atoms with Crippen LogP contribution < -0.4 is 26.3 Å². The molecular formula is C36H40N10O6S3. The van der Waals surface area contributed by atoms with Crippen molar-refractivity contribution in [3.8, 4) is 5.75 Å². The minimum absolute atomic E-state index is 0.0925. The number of ether oxygens (including phenoxy) is 1. The van der Waals surface area contributed by atoms with E-state index in [9.17, 15) is 24.6 Å². The number of carbonyl (C=O) groups is 3. The molecule has 5 heterocycles. The zero-order valence-corrected chi connectivity index (χ0v) is 33.0. The number of nitrogens with two attached hydrogens (primary N) is 2. The number of thiazole rings is 3. The van der Waals surface area contributed by atoms with Crippen molar-refractivity contribution in [2.24, 2.45) is 16.5 Å². The summed E-state index contributed by atoms with van der Waals surface area (Å²) in [5.41, 5.74) is 14.5. The van der Waals surface area contributed by atoms with E-state index in [0.29, 0.717) is 66.6 Å². The average Bonchev–Trinajstić information content (AvgIpc) is 3.92. The predicted molar refractivity (Wildman–Crippen MR) is 212 cm³/mol. The van der Waals surface area contributed by atoms with Gasteiger partial charge in [0, 0.05) is 37.9 Å². The summed E-state index contributed by atoms with van der Waals surface area (Å²) in [5, 5.41) is 25.5. The third-order valence-corrected chi connectivity index (χ3v) is 11.5. The van der Waals surface area contributed by atoms with Gasteiger partial charge in [0.05, 0.1) is 48.7 Å². The molecule has 0 aliphatic carbocycles. The lowest BCUT2D eigenvalue weighted by atomic mass is 10.1. The molecule has 1 aromatic carbocycles. The van der Waals surface area contributed by atoms with E-state index in [1.807, 2.05) is 39.8 Å². The number of aromatic nitrogens is 6. The van der Waals surface area contributed by atoms with E-state index in [2.05, 4.69) is 25.3 Å². The molecule has 0 saturated carbocycles. The second-order valence-electron chi connectivity index (χ2n) is 12.3. The molecule has 3 amide bonds. The summed E-state index contributed by atoms with van der Waals surface area (Å²) in [5.74, 6) is -1.11. The number of carbonyl (C=O) groups excluding carboxylic acids is 3. The minimum atomic E-state index is -1.14. The molecule has 16 nitrogen and oxygen atoms in total. The quantitative estimate of drug-likeness (QED) is 0.0529. The smallest absolute Gasteiger partial charge is 0.291 e. The Morgan fingerprint density at radius 3 is 2.33 bits per heavy atom. The summed E-state index contributed by atoms with van der Waals surface area (Å²) in [7, 11) is 0. The molecule has 0 spiro atoms. The fourth-order valence-electron chi connectivity index (χ4n) is 5.87. The molecule has 0 saturated heterocycles. The van der Waals surface area contributed by atoms with Gasteiger partial charge in [0.1, 0.15) is 16.1 Å². The number of benzene rings is 1. The summed E-state index contributed by atoms with van der Waals surface area (Å²) in [6.07, 6.45) is 5.54. The van der Waals surface area contributed by atoms with Gasteiger partial charge in [-0.05, 0) is 44.9 Å². The van der Waals surface area contributed by atoms with E-state index in [0.717, 1.165) is 15.7 Å². The highest BCUT2D eigenvalue weighted by Gasteiger charge is 2.23. The van der Waals surface area contributed by atoms with Gasteiger partial charge in [-0.1, -0.05) is 37.3 Å². The maximum absolute atomic E-state index is 13.5. The second-order valence-corrected chi connectivity index (χ2v) is 15.7. The van der Waals surface area contributed by atoms with Gasteiger partial charge in [-0.3, -0.25) is 19.0 Å². The van der Waals surface area contributed by atoms with Gasteiger partial charge in [-0.2, -0.15) is 4.99 Å². The number of imidazole rings is 1. The Kier molecular flexibility index (Phi) is 12.2. The SMILES string of the molecule is CCc1nc(C)sc1C(=O)N=c1sc2cc(C(N)=O)cnc2n1C/C=C/Cn1c(NC(O)c2sc(C)nc2CC)nc2cc(C(N)=O)cc(OCCCO)c21. The molecular weight excluding hydrogens is 765 g/mol. The first-order chi connectivity index (χ1) is 26.4. The molecule has 6 aromatic rings. The van der Waals surface area contributed by atoms with Crippen molar-refractivity contribution >= 4 is 79.1 Å². The number of nitrogens with zero attached hydrogens (tertiary/aromatic N) is 7. The molecule has 0 bridgehead atoms. The number of pyridine rings is 1. The number of aryl methyl sites for hydroxylation is 4. The first-order valence-electron chi connectivity index (χ1n) is 17.4. The Hall–Kier alpha value is -5.34. The van der Waals surface area contributed by atoms with Crippen LogP contribution in [0.25, 0.3) is 21.4 Å². The summed E-state index contributed by atoms with van der Waals surface area (Å²) >= 11 is 3.88. The lowest BCUT2D eigenvalue weighted by Crippen LogP contribution is -2.17. The fraction of sp³-hybridized carbons (Fsp3) is 0.333. The highest BCUT2D eigenvalue weighted by atomic mass is 32.1. The van der Waals surface area contributed by atoms with E-state index >= 15 is 0 Å². The summed E-state index contributed by atoms with van der Waals surface area (Å²) in [6.45, 7) is 8.14. The van der Waals surface area contributed by atoms with Crippen LogP contribution in [0, 0.1) is 13.8 Å². The molecule has 288 valence electrons. The molecule has 0 aliphatic heterocycles. The van der Waals surface area contributed by atoms with Crippen molar-refractivity contribution in [3.05, 3.63) is 83.6 Å². The third kappa shape index (κ3) is 8.50. The average molecular weight is 805 g/mol. The van der Waals surface area contributed by atoms with Crippen LogP contribution in [0.1, 0.15) is 83.2 Å². The number of aliphatic hydroxyl groups excluding tert-OH is 2. The van der Waals surface area contributed by atoms with Crippen LogP contribution >= 0.6 is 34.0 Å². The maximum atomic E-state index is 13.5. The number of amides is 3. The van der Waals surface area contributed by atoms with Crippen LogP contribution in [0.5, 0.6) is 5.75 Å².